The molecule has 1 heterocycles. The highest BCUT2D eigenvalue weighted by atomic mass is 16.6. The third-order valence-electron chi connectivity index (χ3n) is 2.55. The molecule has 1 saturated heterocycles. The van der Waals surface area contributed by atoms with E-state index in [0.29, 0.717) is 19.8 Å². The Hall–Kier alpha value is -0.135. The normalized spacial score (nSPS) is 34.4. The van der Waals surface area contributed by atoms with Gasteiger partial charge in [-0.3, -0.25) is 0 Å². The zero-order valence-corrected chi connectivity index (χ0v) is 10.0. The largest absolute Gasteiger partial charge is 0.382 e. The third kappa shape index (κ3) is 3.43. The van der Waals surface area contributed by atoms with Crippen LogP contribution in [0.4, 0.5) is 0 Å². The first-order valence-electron chi connectivity index (χ1n) is 5.28. The Labute approximate surface area is 97.7 Å². The minimum atomic E-state index is -0.484. The van der Waals surface area contributed by atoms with Crippen molar-refractivity contribution in [2.24, 2.45) is 0 Å². The Morgan fingerprint density at radius 3 is 2.38 bits per heavy atom. The van der Waals surface area contributed by atoms with Gasteiger partial charge in [0, 0.05) is 27.3 Å². The summed E-state index contributed by atoms with van der Waals surface area (Å²) in [6.45, 7) is 1.43. The summed E-state index contributed by atoms with van der Waals surface area (Å²) in [4.78, 5) is 0. The van der Waals surface area contributed by atoms with Crippen LogP contribution >= 0.6 is 0 Å². The molecule has 0 spiro atoms. The molecule has 6 heteroatoms. The second kappa shape index (κ2) is 7.24. The summed E-state index contributed by atoms with van der Waals surface area (Å²) >= 11 is 0. The van der Waals surface area contributed by atoms with Crippen molar-refractivity contribution in [2.75, 3.05) is 41.2 Å². The van der Waals surface area contributed by atoms with Crippen LogP contribution in [-0.4, -0.2) is 73.3 Å². The molecule has 5 nitrogen and oxygen atoms in total. The molecular formula is C10H19BO5. The first-order valence-corrected chi connectivity index (χ1v) is 5.28. The fourth-order valence-electron chi connectivity index (χ4n) is 1.80. The lowest BCUT2D eigenvalue weighted by Gasteiger charge is -2.22. The first-order chi connectivity index (χ1) is 7.74. The number of hydrogen-bond acceptors (Lipinski definition) is 5. The highest BCUT2D eigenvalue weighted by Crippen LogP contribution is 2.24. The number of methoxy groups -OCH3 is 3. The average Bonchev–Trinajstić information content (AvgIpc) is 2.56. The van der Waals surface area contributed by atoms with Gasteiger partial charge in [0.1, 0.15) is 26.2 Å². The Morgan fingerprint density at radius 1 is 1.06 bits per heavy atom. The number of rotatable bonds is 7. The van der Waals surface area contributed by atoms with E-state index in [1.54, 1.807) is 21.3 Å². The molecule has 92 valence electrons. The van der Waals surface area contributed by atoms with Crippen molar-refractivity contribution in [1.29, 1.82) is 0 Å². The molecule has 1 rings (SSSR count). The molecule has 1 aliphatic heterocycles. The molecule has 0 amide bonds. The molecule has 4 atom stereocenters. The van der Waals surface area contributed by atoms with Gasteiger partial charge < -0.3 is 23.7 Å². The molecule has 0 saturated carbocycles. The lowest BCUT2D eigenvalue weighted by Crippen LogP contribution is -2.39. The van der Waals surface area contributed by atoms with Gasteiger partial charge in [0.15, 0.2) is 0 Å². The van der Waals surface area contributed by atoms with Crippen LogP contribution in [0.15, 0.2) is 0 Å². The van der Waals surface area contributed by atoms with Crippen LogP contribution in [0.25, 0.3) is 0 Å². The molecule has 0 aromatic heterocycles. The van der Waals surface area contributed by atoms with Crippen LogP contribution in [0.5, 0.6) is 0 Å². The summed E-state index contributed by atoms with van der Waals surface area (Å²) in [5, 5.41) is 0. The van der Waals surface area contributed by atoms with Crippen LogP contribution in [0, 0.1) is 0 Å². The average molecular weight is 230 g/mol. The summed E-state index contributed by atoms with van der Waals surface area (Å²) in [6.07, 6.45) is -0.662. The topological polar surface area (TPSA) is 46.2 Å². The molecular weight excluding hydrogens is 211 g/mol. The van der Waals surface area contributed by atoms with Gasteiger partial charge >= 0.3 is 0 Å². The van der Waals surface area contributed by atoms with E-state index in [-0.39, 0.29) is 18.3 Å². The molecule has 1 aliphatic rings. The minimum absolute atomic E-state index is 0.183. The number of hydrogen-bond donors (Lipinski definition) is 0. The lowest BCUT2D eigenvalue weighted by molar-refractivity contribution is -0.0629. The molecule has 0 aromatic rings. The zero-order chi connectivity index (χ0) is 12.0. The minimum Gasteiger partial charge on any atom is -0.382 e. The van der Waals surface area contributed by atoms with E-state index >= 15 is 0 Å². The van der Waals surface area contributed by atoms with Crippen LogP contribution < -0.4 is 0 Å². The predicted octanol–water partition coefficient (Wildman–Crippen LogP) is -0.427. The molecule has 16 heavy (non-hydrogen) atoms. The number of ether oxygens (including phenoxy) is 5. The summed E-state index contributed by atoms with van der Waals surface area (Å²) in [5.74, 6) is 0. The van der Waals surface area contributed by atoms with E-state index in [4.69, 9.17) is 31.5 Å². The zero-order valence-electron chi connectivity index (χ0n) is 10.0. The van der Waals surface area contributed by atoms with Crippen molar-refractivity contribution in [1.82, 2.24) is 0 Å². The molecule has 1 fully saturated rings. The fraction of sp³-hybridized carbons (Fsp3) is 1.00. The van der Waals surface area contributed by atoms with Gasteiger partial charge in [-0.25, -0.2) is 0 Å². The highest BCUT2D eigenvalue weighted by molar-refractivity contribution is 6.11. The van der Waals surface area contributed by atoms with E-state index < -0.39 is 6.00 Å². The van der Waals surface area contributed by atoms with Crippen LogP contribution in [0.2, 0.25) is 0 Å². The van der Waals surface area contributed by atoms with Gasteiger partial charge in [-0.15, -0.1) is 0 Å². The van der Waals surface area contributed by atoms with Crippen LogP contribution in [-0.2, 0) is 23.7 Å². The van der Waals surface area contributed by atoms with Crippen molar-refractivity contribution < 1.29 is 23.7 Å². The standard InChI is InChI=1S/C10H19BO5/c1-12-4-5-15-9-8(14-3)7(6-13-2)16-10(9)11/h7-10H,4-6H2,1-3H3/t7-,8+,9?,10-/m1/s1. The van der Waals surface area contributed by atoms with E-state index in [9.17, 15) is 0 Å². The van der Waals surface area contributed by atoms with Gasteiger partial charge in [-0.2, -0.15) is 0 Å². The molecule has 0 aliphatic carbocycles. The second-order valence-corrected chi connectivity index (χ2v) is 3.62. The Morgan fingerprint density at radius 2 is 1.81 bits per heavy atom. The summed E-state index contributed by atoms with van der Waals surface area (Å²) in [6, 6.07) is -0.484. The molecule has 0 aromatic carbocycles. The molecule has 1 unspecified atom stereocenters. The quantitative estimate of drug-likeness (QED) is 0.438. The SMILES string of the molecule is [B][C@@H]1O[C@H](COC)[C@H](OC)C1OCCOC. The summed E-state index contributed by atoms with van der Waals surface area (Å²) in [5.41, 5.74) is 0. The van der Waals surface area contributed by atoms with Crippen molar-refractivity contribution in [3.63, 3.8) is 0 Å². The molecule has 2 radical (unpaired) electrons. The first kappa shape index (κ1) is 13.9. The van der Waals surface area contributed by atoms with Crippen molar-refractivity contribution >= 4 is 7.85 Å². The maximum Gasteiger partial charge on any atom is 0.113 e. The van der Waals surface area contributed by atoms with E-state index in [1.807, 2.05) is 0 Å². The summed E-state index contributed by atoms with van der Waals surface area (Å²) in [7, 11) is 10.7. The Kier molecular flexibility index (Phi) is 6.30. The van der Waals surface area contributed by atoms with Crippen molar-refractivity contribution in [3.8, 4) is 0 Å². The monoisotopic (exact) mass is 230 g/mol. The highest BCUT2D eigenvalue weighted by Gasteiger charge is 2.42. The Bertz CT molecular complexity index is 192. The lowest BCUT2D eigenvalue weighted by atomic mass is 9.93. The van der Waals surface area contributed by atoms with Crippen molar-refractivity contribution in [3.05, 3.63) is 0 Å². The second-order valence-electron chi connectivity index (χ2n) is 3.62. The van der Waals surface area contributed by atoms with Gasteiger partial charge in [0.25, 0.3) is 0 Å². The van der Waals surface area contributed by atoms with E-state index in [2.05, 4.69) is 0 Å². The fourth-order valence-corrected chi connectivity index (χ4v) is 1.80. The predicted molar refractivity (Wildman–Crippen MR) is 58.7 cm³/mol. The van der Waals surface area contributed by atoms with Crippen LogP contribution in [0.1, 0.15) is 0 Å². The summed E-state index contributed by atoms with van der Waals surface area (Å²) < 4.78 is 26.4. The molecule has 0 N–H and O–H groups in total. The smallest absolute Gasteiger partial charge is 0.113 e. The van der Waals surface area contributed by atoms with Crippen molar-refractivity contribution in [2.45, 2.75) is 24.3 Å². The maximum absolute atomic E-state index is 5.82. The Balaban J connectivity index is 2.46. The maximum atomic E-state index is 5.82. The van der Waals surface area contributed by atoms with Gasteiger partial charge in [0.05, 0.1) is 19.8 Å². The van der Waals surface area contributed by atoms with E-state index in [1.165, 1.54) is 0 Å². The van der Waals surface area contributed by atoms with Gasteiger partial charge in [0.2, 0.25) is 0 Å². The molecule has 0 bridgehead atoms. The van der Waals surface area contributed by atoms with Crippen LogP contribution in [0.3, 0.4) is 0 Å². The third-order valence-corrected chi connectivity index (χ3v) is 2.55. The van der Waals surface area contributed by atoms with Gasteiger partial charge in [-0.05, 0) is 0 Å². The van der Waals surface area contributed by atoms with E-state index in [0.717, 1.165) is 0 Å². The van der Waals surface area contributed by atoms with Gasteiger partial charge in [-0.1, -0.05) is 0 Å².